The zero-order chi connectivity index (χ0) is 19.1. The number of rotatable bonds is 8. The lowest BCUT2D eigenvalue weighted by atomic mass is 10.0. The predicted molar refractivity (Wildman–Crippen MR) is 105 cm³/mol. The van der Waals surface area contributed by atoms with E-state index in [2.05, 4.69) is 58.6 Å². The number of quaternary nitrogens is 1. The summed E-state index contributed by atoms with van der Waals surface area (Å²) in [5.74, 6) is 0.938. The molecular formula is C20H30N5O2+. The third-order valence-electron chi connectivity index (χ3n) is 4.98. The molecule has 7 nitrogen and oxygen atoms in total. The van der Waals surface area contributed by atoms with Gasteiger partial charge >= 0.3 is 0 Å². The number of H-pyrrole nitrogens is 1. The van der Waals surface area contributed by atoms with E-state index in [4.69, 9.17) is 4.74 Å². The van der Waals surface area contributed by atoms with Crippen LogP contribution in [-0.2, 0) is 11.2 Å². The van der Waals surface area contributed by atoms with Gasteiger partial charge in [-0.2, -0.15) is 0 Å². The second-order valence-corrected chi connectivity index (χ2v) is 7.42. The molecule has 1 saturated heterocycles. The van der Waals surface area contributed by atoms with Crippen LogP contribution in [-0.4, -0.2) is 54.6 Å². The van der Waals surface area contributed by atoms with E-state index in [0.29, 0.717) is 24.0 Å². The molecule has 146 valence electrons. The maximum atomic E-state index is 12.3. The summed E-state index contributed by atoms with van der Waals surface area (Å²) in [6, 6.07) is 8.31. The minimum absolute atomic E-state index is 0.181. The van der Waals surface area contributed by atoms with E-state index >= 15 is 0 Å². The van der Waals surface area contributed by atoms with E-state index in [0.717, 1.165) is 51.4 Å². The second kappa shape index (κ2) is 9.62. The molecule has 2 heterocycles. The highest BCUT2D eigenvalue weighted by Gasteiger charge is 2.13. The summed E-state index contributed by atoms with van der Waals surface area (Å²) in [6.07, 6.45) is 1.50. The number of aromatic amines is 1. The van der Waals surface area contributed by atoms with Crippen LogP contribution in [0.4, 0.5) is 5.95 Å². The molecule has 0 amide bonds. The third kappa shape index (κ3) is 5.87. The number of ether oxygens (including phenoxy) is 1. The van der Waals surface area contributed by atoms with Gasteiger partial charge in [-0.25, -0.2) is 0 Å². The summed E-state index contributed by atoms with van der Waals surface area (Å²) < 4.78 is 5.36. The zero-order valence-electron chi connectivity index (χ0n) is 16.3. The first-order valence-electron chi connectivity index (χ1n) is 9.81. The third-order valence-corrected chi connectivity index (χ3v) is 4.98. The van der Waals surface area contributed by atoms with Crippen molar-refractivity contribution in [2.75, 3.05) is 44.7 Å². The fraction of sp³-hybridized carbons (Fsp3) is 0.550. The van der Waals surface area contributed by atoms with Crippen LogP contribution in [0, 0.1) is 0 Å². The number of hydrogen-bond acceptors (Lipinski definition) is 5. The van der Waals surface area contributed by atoms with E-state index in [-0.39, 0.29) is 5.56 Å². The molecule has 1 fully saturated rings. The first-order valence-corrected chi connectivity index (χ1v) is 9.81. The van der Waals surface area contributed by atoms with Crippen LogP contribution in [0.2, 0.25) is 0 Å². The lowest BCUT2D eigenvalue weighted by Gasteiger charge is -2.23. The Morgan fingerprint density at radius 3 is 2.59 bits per heavy atom. The van der Waals surface area contributed by atoms with Crippen molar-refractivity contribution in [3.05, 3.63) is 51.4 Å². The van der Waals surface area contributed by atoms with Crippen LogP contribution in [0.5, 0.6) is 0 Å². The van der Waals surface area contributed by atoms with Crippen LogP contribution >= 0.6 is 0 Å². The standard InChI is InChI=1S/C20H29N5O2/c1-15(2)17-6-4-16(5-7-17)14-18-19(26)22-20(24-23-18)21-8-3-9-25-10-12-27-13-11-25/h4-7,15H,3,8-14H2,1-2H3,(H2,21,22,24,26)/p+1. The molecule has 0 spiro atoms. The van der Waals surface area contributed by atoms with Crippen molar-refractivity contribution in [2.45, 2.75) is 32.6 Å². The minimum atomic E-state index is -0.181. The number of nitrogens with one attached hydrogen (secondary N) is 3. The average Bonchev–Trinajstić information content (AvgIpc) is 2.68. The Morgan fingerprint density at radius 1 is 1.19 bits per heavy atom. The normalized spacial score (nSPS) is 15.2. The molecule has 0 radical (unpaired) electrons. The molecule has 7 heteroatoms. The predicted octanol–water partition coefficient (Wildman–Crippen LogP) is 0.596. The van der Waals surface area contributed by atoms with Crippen molar-refractivity contribution in [1.29, 1.82) is 0 Å². The molecule has 1 aliphatic heterocycles. The van der Waals surface area contributed by atoms with Gasteiger partial charge in [0.2, 0.25) is 5.95 Å². The van der Waals surface area contributed by atoms with Gasteiger partial charge in [0.15, 0.2) is 0 Å². The van der Waals surface area contributed by atoms with Gasteiger partial charge in [-0.15, -0.1) is 10.2 Å². The quantitative estimate of drug-likeness (QED) is 0.591. The average molecular weight is 372 g/mol. The SMILES string of the molecule is CC(C)c1ccc(Cc2nnc(NCCC[NH+]3CCOCC3)[nH]c2=O)cc1. The molecule has 1 aliphatic rings. The monoisotopic (exact) mass is 372 g/mol. The van der Waals surface area contributed by atoms with Crippen molar-refractivity contribution in [1.82, 2.24) is 15.2 Å². The highest BCUT2D eigenvalue weighted by molar-refractivity contribution is 5.28. The van der Waals surface area contributed by atoms with Crippen molar-refractivity contribution in [3.63, 3.8) is 0 Å². The van der Waals surface area contributed by atoms with E-state index in [1.807, 2.05) is 0 Å². The van der Waals surface area contributed by atoms with Crippen molar-refractivity contribution >= 4 is 5.95 Å². The van der Waals surface area contributed by atoms with Gasteiger partial charge in [0.1, 0.15) is 18.8 Å². The smallest absolute Gasteiger partial charge is 0.274 e. The number of aromatic nitrogens is 3. The van der Waals surface area contributed by atoms with Crippen LogP contribution in [0.15, 0.2) is 29.1 Å². The number of morpholine rings is 1. The van der Waals surface area contributed by atoms with E-state index in [1.165, 1.54) is 5.56 Å². The topological polar surface area (TPSA) is 84.3 Å². The second-order valence-electron chi connectivity index (χ2n) is 7.42. The van der Waals surface area contributed by atoms with Gasteiger partial charge in [0.05, 0.1) is 19.8 Å². The highest BCUT2D eigenvalue weighted by atomic mass is 16.5. The van der Waals surface area contributed by atoms with Crippen molar-refractivity contribution in [2.24, 2.45) is 0 Å². The van der Waals surface area contributed by atoms with Crippen LogP contribution in [0.3, 0.4) is 0 Å². The van der Waals surface area contributed by atoms with Crippen molar-refractivity contribution in [3.8, 4) is 0 Å². The van der Waals surface area contributed by atoms with Crippen LogP contribution < -0.4 is 15.8 Å². The Labute approximate surface area is 160 Å². The molecule has 0 unspecified atom stereocenters. The largest absolute Gasteiger partial charge is 0.370 e. The fourth-order valence-electron chi connectivity index (χ4n) is 3.22. The summed E-state index contributed by atoms with van der Waals surface area (Å²) >= 11 is 0. The van der Waals surface area contributed by atoms with Crippen LogP contribution in [0.25, 0.3) is 0 Å². The summed E-state index contributed by atoms with van der Waals surface area (Å²) in [5.41, 5.74) is 2.61. The van der Waals surface area contributed by atoms with E-state index < -0.39 is 0 Å². The summed E-state index contributed by atoms with van der Waals surface area (Å²) in [6.45, 7) is 10.0. The highest BCUT2D eigenvalue weighted by Crippen LogP contribution is 2.15. The lowest BCUT2D eigenvalue weighted by Crippen LogP contribution is -3.14. The molecule has 3 rings (SSSR count). The number of nitrogens with zero attached hydrogens (tertiary/aromatic N) is 2. The van der Waals surface area contributed by atoms with Gasteiger partial charge in [0, 0.05) is 19.4 Å². The number of anilines is 1. The number of benzene rings is 1. The van der Waals surface area contributed by atoms with Gasteiger partial charge < -0.3 is 15.0 Å². The maximum absolute atomic E-state index is 12.3. The molecule has 3 N–H and O–H groups in total. The molecule has 0 aliphatic carbocycles. The Kier molecular flexibility index (Phi) is 6.95. The molecule has 1 aromatic carbocycles. The summed E-state index contributed by atoms with van der Waals surface area (Å²) in [7, 11) is 0. The maximum Gasteiger partial charge on any atom is 0.274 e. The van der Waals surface area contributed by atoms with Gasteiger partial charge in [-0.05, 0) is 17.0 Å². The first-order chi connectivity index (χ1) is 13.1. The molecular weight excluding hydrogens is 342 g/mol. The molecule has 0 atom stereocenters. The fourth-order valence-corrected chi connectivity index (χ4v) is 3.22. The van der Waals surface area contributed by atoms with Crippen LogP contribution in [0.1, 0.15) is 43.0 Å². The Bertz CT molecular complexity index is 767. The summed E-state index contributed by atoms with van der Waals surface area (Å²) in [5, 5.41) is 11.4. The first kappa shape index (κ1) is 19.5. The van der Waals surface area contributed by atoms with Gasteiger partial charge in [0.25, 0.3) is 5.56 Å². The Hall–Kier alpha value is -2.25. The van der Waals surface area contributed by atoms with E-state index in [1.54, 1.807) is 4.90 Å². The zero-order valence-corrected chi connectivity index (χ0v) is 16.3. The summed E-state index contributed by atoms with van der Waals surface area (Å²) in [4.78, 5) is 16.7. The molecule has 2 aromatic rings. The molecule has 0 bridgehead atoms. The minimum Gasteiger partial charge on any atom is -0.370 e. The molecule has 1 aromatic heterocycles. The Morgan fingerprint density at radius 2 is 1.93 bits per heavy atom. The Balaban J connectivity index is 1.48. The molecule has 0 saturated carbocycles. The van der Waals surface area contributed by atoms with Crippen molar-refractivity contribution < 1.29 is 9.64 Å². The van der Waals surface area contributed by atoms with E-state index in [9.17, 15) is 4.79 Å². The number of hydrogen-bond donors (Lipinski definition) is 3. The molecule has 27 heavy (non-hydrogen) atoms. The van der Waals surface area contributed by atoms with Gasteiger partial charge in [-0.3, -0.25) is 9.78 Å². The van der Waals surface area contributed by atoms with Gasteiger partial charge in [-0.1, -0.05) is 38.1 Å². The lowest BCUT2D eigenvalue weighted by molar-refractivity contribution is -0.908.